The van der Waals surface area contributed by atoms with Gasteiger partial charge in [0, 0.05) is 0 Å². The van der Waals surface area contributed by atoms with Gasteiger partial charge in [-0.25, -0.2) is 4.68 Å². The molecule has 0 atom stereocenters. The Kier molecular flexibility index (Phi) is 3.43. The molecule has 4 heteroatoms. The molecule has 0 saturated heterocycles. The third-order valence-corrected chi connectivity index (χ3v) is 1.52. The number of hydrogen-bond donors (Lipinski definition) is 1. The van der Waals surface area contributed by atoms with Crippen molar-refractivity contribution >= 4 is 5.70 Å². The van der Waals surface area contributed by atoms with Crippen LogP contribution in [0.3, 0.4) is 0 Å². The monoisotopic (exact) mass is 189 g/mol. The average Bonchev–Trinajstić information content (AvgIpc) is 2.71. The van der Waals surface area contributed by atoms with Crippen LogP contribution in [0.15, 0.2) is 55.6 Å². The highest BCUT2D eigenvalue weighted by Gasteiger charge is 2.01. The van der Waals surface area contributed by atoms with Crippen LogP contribution in [0.1, 0.15) is 0 Å². The van der Waals surface area contributed by atoms with E-state index in [2.05, 4.69) is 23.5 Å². The maximum atomic E-state index is 9.50. The van der Waals surface area contributed by atoms with Gasteiger partial charge in [0.2, 0.25) is 0 Å². The molecule has 0 spiro atoms. The largest absolute Gasteiger partial charge is 0.506 e. The van der Waals surface area contributed by atoms with Gasteiger partial charge in [-0.15, -0.1) is 5.10 Å². The molecule has 0 aromatic carbocycles. The van der Waals surface area contributed by atoms with Crippen molar-refractivity contribution in [3.63, 3.8) is 0 Å². The minimum atomic E-state index is 0.0357. The van der Waals surface area contributed by atoms with Gasteiger partial charge in [-0.05, 0) is 12.2 Å². The van der Waals surface area contributed by atoms with Crippen molar-refractivity contribution in [1.29, 1.82) is 0 Å². The van der Waals surface area contributed by atoms with Gasteiger partial charge in [-0.1, -0.05) is 30.5 Å². The number of rotatable bonds is 4. The van der Waals surface area contributed by atoms with E-state index in [1.807, 2.05) is 0 Å². The van der Waals surface area contributed by atoms with Gasteiger partial charge in [0.25, 0.3) is 0 Å². The summed E-state index contributed by atoms with van der Waals surface area (Å²) in [6.45, 7) is 7.01. The minimum Gasteiger partial charge on any atom is -0.506 e. The third kappa shape index (κ3) is 2.20. The second kappa shape index (κ2) is 4.81. The van der Waals surface area contributed by atoms with Crippen LogP contribution in [0, 0.1) is 0 Å². The quantitative estimate of drug-likeness (QED) is 0.581. The Hall–Kier alpha value is -2.10. The van der Waals surface area contributed by atoms with E-state index < -0.39 is 0 Å². The number of nitrogens with zero attached hydrogens (tertiary/aromatic N) is 3. The highest BCUT2D eigenvalue weighted by Crippen LogP contribution is 2.09. The first kappa shape index (κ1) is 9.98. The van der Waals surface area contributed by atoms with Crippen LogP contribution in [0.25, 0.3) is 5.70 Å². The first-order chi connectivity index (χ1) is 6.79. The fraction of sp³-hybridized carbons (Fsp3) is 0. The van der Waals surface area contributed by atoms with E-state index >= 15 is 0 Å². The molecule has 0 bridgehead atoms. The maximum absolute atomic E-state index is 9.50. The fourth-order valence-corrected chi connectivity index (χ4v) is 0.880. The van der Waals surface area contributed by atoms with Crippen LogP contribution in [0.4, 0.5) is 0 Å². The summed E-state index contributed by atoms with van der Waals surface area (Å²) in [5.41, 5.74) is 0.498. The van der Waals surface area contributed by atoms with Crippen LogP contribution >= 0.6 is 0 Å². The van der Waals surface area contributed by atoms with Crippen molar-refractivity contribution < 1.29 is 5.11 Å². The summed E-state index contributed by atoms with van der Waals surface area (Å²) in [5.74, 6) is 0.0357. The van der Waals surface area contributed by atoms with E-state index in [9.17, 15) is 5.11 Å². The second-order valence-electron chi connectivity index (χ2n) is 2.42. The zero-order valence-corrected chi connectivity index (χ0v) is 7.67. The molecule has 72 valence electrons. The first-order valence-electron chi connectivity index (χ1n) is 4.01. The van der Waals surface area contributed by atoms with E-state index in [1.54, 1.807) is 24.4 Å². The number of aliphatic hydroxyl groups is 1. The minimum absolute atomic E-state index is 0.0357. The van der Waals surface area contributed by atoms with Crippen molar-refractivity contribution in [2.45, 2.75) is 0 Å². The highest BCUT2D eigenvalue weighted by molar-refractivity contribution is 5.60. The Morgan fingerprint density at radius 3 is 2.71 bits per heavy atom. The molecule has 1 aromatic rings. The summed E-state index contributed by atoms with van der Waals surface area (Å²) in [4.78, 5) is 0. The Morgan fingerprint density at radius 2 is 2.21 bits per heavy atom. The first-order valence-corrected chi connectivity index (χ1v) is 4.01. The Morgan fingerprint density at radius 1 is 1.43 bits per heavy atom. The number of aliphatic hydroxyl groups excluding tert-OH is 1. The molecular formula is C10H11N3O. The van der Waals surface area contributed by atoms with E-state index in [0.29, 0.717) is 5.70 Å². The van der Waals surface area contributed by atoms with Crippen molar-refractivity contribution in [2.24, 2.45) is 0 Å². The van der Waals surface area contributed by atoms with Crippen LogP contribution in [0.2, 0.25) is 0 Å². The van der Waals surface area contributed by atoms with Gasteiger partial charge in [0.1, 0.15) is 11.5 Å². The molecular weight excluding hydrogens is 178 g/mol. The van der Waals surface area contributed by atoms with Gasteiger partial charge >= 0.3 is 0 Å². The Balaban J connectivity index is 3.12. The third-order valence-electron chi connectivity index (χ3n) is 1.52. The lowest BCUT2D eigenvalue weighted by Gasteiger charge is -2.01. The molecule has 0 fully saturated rings. The molecule has 1 aromatic heterocycles. The molecule has 0 unspecified atom stereocenters. The zero-order valence-electron chi connectivity index (χ0n) is 7.67. The molecule has 0 saturated carbocycles. The number of aromatic nitrogens is 3. The van der Waals surface area contributed by atoms with Crippen LogP contribution in [-0.4, -0.2) is 20.1 Å². The standard InChI is InChI=1S/C10H11N3O/c1-3-5-6-9(10(14)4-2)13-8-7-11-12-13/h3-8,14H,1-2H2/b6-5-,10-9-. The molecule has 1 rings (SSSR count). The topological polar surface area (TPSA) is 50.9 Å². The van der Waals surface area contributed by atoms with Gasteiger partial charge in [-0.2, -0.15) is 0 Å². The molecule has 0 aliphatic carbocycles. The lowest BCUT2D eigenvalue weighted by Crippen LogP contribution is -1.99. The van der Waals surface area contributed by atoms with Gasteiger partial charge in [-0.3, -0.25) is 0 Å². The average molecular weight is 189 g/mol. The summed E-state index contributed by atoms with van der Waals surface area (Å²) >= 11 is 0. The Labute approximate surface area is 82.2 Å². The summed E-state index contributed by atoms with van der Waals surface area (Å²) < 4.78 is 1.44. The molecule has 0 radical (unpaired) electrons. The molecule has 4 nitrogen and oxygen atoms in total. The lowest BCUT2D eigenvalue weighted by molar-refractivity contribution is 0.431. The predicted molar refractivity (Wildman–Crippen MR) is 55.4 cm³/mol. The van der Waals surface area contributed by atoms with Crippen molar-refractivity contribution in [3.05, 3.63) is 55.6 Å². The van der Waals surface area contributed by atoms with Crippen molar-refractivity contribution in [3.8, 4) is 0 Å². The van der Waals surface area contributed by atoms with Gasteiger partial charge < -0.3 is 5.11 Å². The molecule has 14 heavy (non-hydrogen) atoms. The molecule has 0 aliphatic heterocycles. The van der Waals surface area contributed by atoms with Crippen LogP contribution in [-0.2, 0) is 0 Å². The maximum Gasteiger partial charge on any atom is 0.140 e. The molecule has 1 N–H and O–H groups in total. The van der Waals surface area contributed by atoms with E-state index in [0.717, 1.165) is 0 Å². The molecule has 0 amide bonds. The Bertz CT molecular complexity index is 374. The number of allylic oxidation sites excluding steroid dienone is 5. The van der Waals surface area contributed by atoms with E-state index in [1.165, 1.54) is 17.0 Å². The predicted octanol–water partition coefficient (Wildman–Crippen LogP) is 1.93. The lowest BCUT2D eigenvalue weighted by atomic mass is 10.3. The molecule has 1 heterocycles. The van der Waals surface area contributed by atoms with E-state index in [4.69, 9.17) is 0 Å². The summed E-state index contributed by atoms with van der Waals surface area (Å²) in [7, 11) is 0. The summed E-state index contributed by atoms with van der Waals surface area (Å²) in [6.07, 6.45) is 9.45. The second-order valence-corrected chi connectivity index (χ2v) is 2.42. The molecule has 0 aliphatic rings. The highest BCUT2D eigenvalue weighted by atomic mass is 16.3. The van der Waals surface area contributed by atoms with Crippen LogP contribution < -0.4 is 0 Å². The van der Waals surface area contributed by atoms with Crippen molar-refractivity contribution in [2.75, 3.05) is 0 Å². The summed E-state index contributed by atoms with van der Waals surface area (Å²) in [6, 6.07) is 0. The fourth-order valence-electron chi connectivity index (χ4n) is 0.880. The van der Waals surface area contributed by atoms with Crippen molar-refractivity contribution in [1.82, 2.24) is 15.0 Å². The number of hydrogen-bond acceptors (Lipinski definition) is 3. The summed E-state index contributed by atoms with van der Waals surface area (Å²) in [5, 5.41) is 16.9. The normalized spacial score (nSPS) is 12.6. The van der Waals surface area contributed by atoms with Gasteiger partial charge in [0.15, 0.2) is 0 Å². The zero-order chi connectivity index (χ0) is 10.4. The van der Waals surface area contributed by atoms with E-state index in [-0.39, 0.29) is 5.76 Å². The van der Waals surface area contributed by atoms with Gasteiger partial charge in [0.05, 0.1) is 12.4 Å². The SMILES string of the molecule is C=C/C=C\C(=C(\O)C=C)n1ccnn1. The smallest absolute Gasteiger partial charge is 0.140 e. The van der Waals surface area contributed by atoms with Crippen LogP contribution in [0.5, 0.6) is 0 Å².